The molecule has 0 aliphatic rings. The third kappa shape index (κ3) is 4.07. The highest BCUT2D eigenvalue weighted by Gasteiger charge is 2.37. The van der Waals surface area contributed by atoms with E-state index in [1.165, 1.54) is 0 Å². The molecule has 1 aromatic carbocycles. The zero-order chi connectivity index (χ0) is 13.1. The highest BCUT2D eigenvalue weighted by atomic mass is 32.2. The first-order valence-corrected chi connectivity index (χ1v) is 6.12. The largest absolute Gasteiger partial charge is 0.450 e. The molecular weight excluding hydrogens is 249 g/mol. The molecule has 94 valence electrons. The van der Waals surface area contributed by atoms with E-state index in [0.717, 1.165) is 22.2 Å². The molecule has 0 atom stereocenters. The zero-order valence-electron chi connectivity index (χ0n) is 9.54. The molecule has 0 fully saturated rings. The first kappa shape index (κ1) is 14.1. The highest BCUT2D eigenvalue weighted by molar-refractivity contribution is 8.00. The number of ketones is 1. The number of Topliss-reactive ketones (excluding diaryl/α,β-unsaturated/α-hetero) is 1. The maximum atomic E-state index is 12.0. The predicted octanol–water partition coefficient (Wildman–Crippen LogP) is 4.03. The zero-order valence-corrected chi connectivity index (χ0v) is 10.4. The van der Waals surface area contributed by atoms with Gasteiger partial charge in [0.05, 0.1) is 5.75 Å². The van der Waals surface area contributed by atoms with Gasteiger partial charge in [0, 0.05) is 4.90 Å². The van der Waals surface area contributed by atoms with Crippen LogP contribution in [0, 0.1) is 0 Å². The van der Waals surface area contributed by atoms with Gasteiger partial charge in [-0.1, -0.05) is 32.0 Å². The van der Waals surface area contributed by atoms with Crippen LogP contribution in [-0.2, 0) is 4.79 Å². The van der Waals surface area contributed by atoms with E-state index in [0.29, 0.717) is 0 Å². The average Bonchev–Trinajstić information content (AvgIpc) is 2.24. The molecule has 1 nitrogen and oxygen atoms in total. The summed E-state index contributed by atoms with van der Waals surface area (Å²) in [6, 6.07) is 7.20. The topological polar surface area (TPSA) is 17.1 Å². The maximum absolute atomic E-state index is 12.0. The number of benzene rings is 1. The first-order valence-electron chi connectivity index (χ1n) is 5.14. The third-order valence-corrected chi connectivity index (χ3v) is 3.31. The molecule has 0 aliphatic carbocycles. The van der Waals surface area contributed by atoms with E-state index in [9.17, 15) is 18.0 Å². The van der Waals surface area contributed by atoms with Crippen LogP contribution in [0.5, 0.6) is 0 Å². The lowest BCUT2D eigenvalue weighted by molar-refractivity contribution is -0.167. The fourth-order valence-electron chi connectivity index (χ4n) is 1.31. The van der Waals surface area contributed by atoms with E-state index in [2.05, 4.69) is 0 Å². The Kier molecular flexibility index (Phi) is 4.62. The predicted molar refractivity (Wildman–Crippen MR) is 62.3 cm³/mol. The smallest absolute Gasteiger partial charge is 0.289 e. The SMILES string of the molecule is CC(C)c1ccccc1SCC(=O)C(F)(F)F. The number of rotatable bonds is 4. The van der Waals surface area contributed by atoms with Crippen molar-refractivity contribution in [2.75, 3.05) is 5.75 Å². The van der Waals surface area contributed by atoms with Gasteiger partial charge in [0.2, 0.25) is 5.78 Å². The van der Waals surface area contributed by atoms with Crippen molar-refractivity contribution in [3.05, 3.63) is 29.8 Å². The van der Waals surface area contributed by atoms with Crippen LogP contribution in [0.2, 0.25) is 0 Å². The van der Waals surface area contributed by atoms with Gasteiger partial charge in [-0.25, -0.2) is 0 Å². The number of thioether (sulfide) groups is 1. The van der Waals surface area contributed by atoms with E-state index >= 15 is 0 Å². The summed E-state index contributed by atoms with van der Waals surface area (Å²) in [5.41, 5.74) is 0.965. The minimum Gasteiger partial charge on any atom is -0.289 e. The molecule has 0 heterocycles. The molecule has 0 spiro atoms. The Hall–Kier alpha value is -0.970. The fourth-order valence-corrected chi connectivity index (χ4v) is 2.41. The van der Waals surface area contributed by atoms with Gasteiger partial charge >= 0.3 is 6.18 Å². The molecule has 17 heavy (non-hydrogen) atoms. The van der Waals surface area contributed by atoms with E-state index < -0.39 is 17.7 Å². The molecule has 0 saturated carbocycles. The summed E-state index contributed by atoms with van der Waals surface area (Å²) in [6.45, 7) is 3.93. The van der Waals surface area contributed by atoms with Crippen molar-refractivity contribution in [2.24, 2.45) is 0 Å². The fraction of sp³-hybridized carbons (Fsp3) is 0.417. The summed E-state index contributed by atoms with van der Waals surface area (Å²) >= 11 is 0.941. The van der Waals surface area contributed by atoms with Gasteiger partial charge in [0.25, 0.3) is 0 Å². The second-order valence-electron chi connectivity index (χ2n) is 3.90. The lowest BCUT2D eigenvalue weighted by Crippen LogP contribution is -2.24. The maximum Gasteiger partial charge on any atom is 0.450 e. The van der Waals surface area contributed by atoms with Crippen LogP contribution in [0.3, 0.4) is 0 Å². The van der Waals surface area contributed by atoms with Gasteiger partial charge in [-0.05, 0) is 17.5 Å². The molecule has 0 bridgehead atoms. The summed E-state index contributed by atoms with van der Waals surface area (Å²) in [4.78, 5) is 11.5. The van der Waals surface area contributed by atoms with Crippen LogP contribution in [-0.4, -0.2) is 17.7 Å². The van der Waals surface area contributed by atoms with E-state index in [4.69, 9.17) is 0 Å². The van der Waals surface area contributed by atoms with Crippen molar-refractivity contribution in [1.82, 2.24) is 0 Å². The Labute approximate surface area is 102 Å². The van der Waals surface area contributed by atoms with Gasteiger partial charge in [-0.15, -0.1) is 11.8 Å². The lowest BCUT2D eigenvalue weighted by Gasteiger charge is -2.12. The van der Waals surface area contributed by atoms with Crippen molar-refractivity contribution in [1.29, 1.82) is 0 Å². The number of halogens is 3. The molecule has 0 amide bonds. The van der Waals surface area contributed by atoms with Gasteiger partial charge in [0.1, 0.15) is 0 Å². The minimum atomic E-state index is -4.74. The van der Waals surface area contributed by atoms with Crippen LogP contribution in [0.25, 0.3) is 0 Å². The first-order chi connectivity index (χ1) is 7.82. The average molecular weight is 262 g/mol. The van der Waals surface area contributed by atoms with Crippen LogP contribution in [0.15, 0.2) is 29.2 Å². The molecule has 0 unspecified atom stereocenters. The Bertz CT molecular complexity index is 399. The molecule has 0 saturated heterocycles. The van der Waals surface area contributed by atoms with Gasteiger partial charge in [-0.2, -0.15) is 13.2 Å². The monoisotopic (exact) mass is 262 g/mol. The van der Waals surface area contributed by atoms with Crippen molar-refractivity contribution in [3.8, 4) is 0 Å². The summed E-state index contributed by atoms with van der Waals surface area (Å²) < 4.78 is 36.1. The Balaban J connectivity index is 2.73. The molecule has 1 rings (SSSR count). The number of alkyl halides is 3. The second kappa shape index (κ2) is 5.58. The molecule has 0 aromatic heterocycles. The number of hydrogen-bond acceptors (Lipinski definition) is 2. The molecule has 5 heteroatoms. The van der Waals surface area contributed by atoms with Crippen LogP contribution in [0.4, 0.5) is 13.2 Å². The Morgan fingerprint density at radius 3 is 2.41 bits per heavy atom. The summed E-state index contributed by atoms with van der Waals surface area (Å²) in [7, 11) is 0. The number of carbonyl (C=O) groups is 1. The van der Waals surface area contributed by atoms with Crippen molar-refractivity contribution in [3.63, 3.8) is 0 Å². The molecule has 0 N–H and O–H groups in total. The van der Waals surface area contributed by atoms with Crippen LogP contribution in [0.1, 0.15) is 25.3 Å². The number of carbonyl (C=O) groups excluding carboxylic acids is 1. The molecule has 0 radical (unpaired) electrons. The standard InChI is InChI=1S/C12H13F3OS/c1-8(2)9-5-3-4-6-10(9)17-7-11(16)12(13,14)15/h3-6,8H,7H2,1-2H3. The number of hydrogen-bond donors (Lipinski definition) is 0. The molecular formula is C12H13F3OS. The summed E-state index contributed by atoms with van der Waals surface area (Å²) in [6.07, 6.45) is -4.74. The van der Waals surface area contributed by atoms with Crippen molar-refractivity contribution < 1.29 is 18.0 Å². The second-order valence-corrected chi connectivity index (χ2v) is 4.92. The van der Waals surface area contributed by atoms with Gasteiger partial charge < -0.3 is 0 Å². The highest BCUT2D eigenvalue weighted by Crippen LogP contribution is 2.30. The third-order valence-electron chi connectivity index (χ3n) is 2.22. The Morgan fingerprint density at radius 2 is 1.88 bits per heavy atom. The van der Waals surface area contributed by atoms with Crippen LogP contribution < -0.4 is 0 Å². The van der Waals surface area contributed by atoms with Crippen molar-refractivity contribution >= 4 is 17.5 Å². The minimum absolute atomic E-state index is 0.222. The lowest BCUT2D eigenvalue weighted by atomic mass is 10.0. The molecule has 0 aliphatic heterocycles. The van der Waals surface area contributed by atoms with E-state index in [-0.39, 0.29) is 5.92 Å². The van der Waals surface area contributed by atoms with Crippen molar-refractivity contribution in [2.45, 2.75) is 30.8 Å². The molecule has 1 aromatic rings. The summed E-state index contributed by atoms with van der Waals surface area (Å²) in [5.74, 6) is -2.03. The van der Waals surface area contributed by atoms with E-state index in [1.54, 1.807) is 12.1 Å². The Morgan fingerprint density at radius 1 is 1.29 bits per heavy atom. The van der Waals surface area contributed by atoms with Gasteiger partial charge in [-0.3, -0.25) is 4.79 Å². The van der Waals surface area contributed by atoms with E-state index in [1.807, 2.05) is 26.0 Å². The van der Waals surface area contributed by atoms with Gasteiger partial charge in [0.15, 0.2) is 0 Å². The van der Waals surface area contributed by atoms with Crippen LogP contribution >= 0.6 is 11.8 Å². The summed E-state index contributed by atoms with van der Waals surface area (Å²) in [5, 5.41) is 0. The normalized spacial score (nSPS) is 11.9. The quantitative estimate of drug-likeness (QED) is 0.762.